The summed E-state index contributed by atoms with van der Waals surface area (Å²) in [6.45, 7) is 1.51. The third-order valence-corrected chi connectivity index (χ3v) is 2.57. The third kappa shape index (κ3) is 2.41. The largest absolute Gasteiger partial charge is 0.398 e. The lowest BCUT2D eigenvalue weighted by molar-refractivity contribution is 0.640. The van der Waals surface area contributed by atoms with E-state index in [-0.39, 0.29) is 0 Å². The van der Waals surface area contributed by atoms with Crippen molar-refractivity contribution in [3.63, 3.8) is 0 Å². The summed E-state index contributed by atoms with van der Waals surface area (Å²) in [5.74, 6) is 1.02. The van der Waals surface area contributed by atoms with Gasteiger partial charge in [-0.3, -0.25) is 0 Å². The minimum atomic E-state index is 0.748. The van der Waals surface area contributed by atoms with E-state index >= 15 is 0 Å². The highest BCUT2D eigenvalue weighted by Crippen LogP contribution is 2.09. The van der Waals surface area contributed by atoms with E-state index in [0.29, 0.717) is 0 Å². The Morgan fingerprint density at radius 2 is 2.12 bits per heavy atom. The molecule has 0 amide bonds. The molecule has 0 bridgehead atoms. The zero-order valence-corrected chi connectivity index (χ0v) is 9.35. The van der Waals surface area contributed by atoms with Gasteiger partial charge < -0.3 is 15.6 Å². The molecule has 0 saturated carbocycles. The molecule has 1 aromatic heterocycles. The molecule has 16 heavy (non-hydrogen) atoms. The number of nitrogens with one attached hydrogen (secondary N) is 1. The van der Waals surface area contributed by atoms with Crippen molar-refractivity contribution in [2.75, 3.05) is 5.73 Å². The average Bonchev–Trinajstić information content (AvgIpc) is 2.67. The molecule has 0 aliphatic rings. The molecule has 1 aromatic carbocycles. The smallest absolute Gasteiger partial charge is 0.122 e. The molecular weight excluding hydrogens is 200 g/mol. The molecule has 0 atom stereocenters. The van der Waals surface area contributed by atoms with Crippen LogP contribution in [-0.2, 0) is 20.1 Å². The molecule has 0 radical (unpaired) electrons. The second kappa shape index (κ2) is 4.81. The van der Waals surface area contributed by atoms with Crippen molar-refractivity contribution in [1.82, 2.24) is 14.9 Å². The quantitative estimate of drug-likeness (QED) is 0.757. The van der Waals surface area contributed by atoms with Gasteiger partial charge in [-0.15, -0.1) is 0 Å². The lowest BCUT2D eigenvalue weighted by atomic mass is 10.2. The number of nitrogens with two attached hydrogens (primary N) is 1. The van der Waals surface area contributed by atoms with Crippen LogP contribution in [0.1, 0.15) is 11.4 Å². The predicted octanol–water partition coefficient (Wildman–Crippen LogP) is 1.29. The van der Waals surface area contributed by atoms with Gasteiger partial charge in [-0.2, -0.15) is 0 Å². The Morgan fingerprint density at radius 1 is 1.31 bits per heavy atom. The zero-order valence-electron chi connectivity index (χ0n) is 9.35. The van der Waals surface area contributed by atoms with E-state index in [1.54, 1.807) is 6.20 Å². The van der Waals surface area contributed by atoms with Gasteiger partial charge in [0.2, 0.25) is 0 Å². The number of benzene rings is 1. The van der Waals surface area contributed by atoms with Crippen LogP contribution in [0.5, 0.6) is 0 Å². The van der Waals surface area contributed by atoms with Crippen molar-refractivity contribution in [1.29, 1.82) is 0 Å². The van der Waals surface area contributed by atoms with E-state index in [1.165, 1.54) is 0 Å². The van der Waals surface area contributed by atoms with E-state index in [2.05, 4.69) is 10.3 Å². The molecular formula is C12H16N4. The molecule has 1 heterocycles. The van der Waals surface area contributed by atoms with E-state index in [4.69, 9.17) is 5.73 Å². The first-order valence-corrected chi connectivity index (χ1v) is 5.27. The lowest BCUT2D eigenvalue weighted by Gasteiger charge is -2.07. The SMILES string of the molecule is Cn1ccnc1CNCc1ccccc1N. The Morgan fingerprint density at radius 3 is 2.81 bits per heavy atom. The van der Waals surface area contributed by atoms with Gasteiger partial charge in [0, 0.05) is 31.7 Å². The highest BCUT2D eigenvalue weighted by atomic mass is 15.1. The van der Waals surface area contributed by atoms with E-state index in [0.717, 1.165) is 30.2 Å². The second-order valence-electron chi connectivity index (χ2n) is 3.76. The molecule has 0 spiro atoms. The second-order valence-corrected chi connectivity index (χ2v) is 3.76. The minimum absolute atomic E-state index is 0.748. The molecule has 2 aromatic rings. The summed E-state index contributed by atoms with van der Waals surface area (Å²) in [7, 11) is 1.99. The van der Waals surface area contributed by atoms with Crippen LogP contribution in [-0.4, -0.2) is 9.55 Å². The standard InChI is InChI=1S/C12H16N4/c1-16-7-6-15-12(16)9-14-8-10-4-2-3-5-11(10)13/h2-7,14H,8-9,13H2,1H3. The monoisotopic (exact) mass is 216 g/mol. The van der Waals surface area contributed by atoms with Crippen LogP contribution < -0.4 is 11.1 Å². The average molecular weight is 216 g/mol. The van der Waals surface area contributed by atoms with Crippen LogP contribution in [0.25, 0.3) is 0 Å². The Balaban J connectivity index is 1.89. The van der Waals surface area contributed by atoms with Crippen LogP contribution in [0.3, 0.4) is 0 Å². The summed E-state index contributed by atoms with van der Waals surface area (Å²) in [5, 5.41) is 3.32. The number of nitrogen functional groups attached to an aromatic ring is 1. The Labute approximate surface area is 95.1 Å². The van der Waals surface area contributed by atoms with Gasteiger partial charge in [-0.1, -0.05) is 18.2 Å². The first-order chi connectivity index (χ1) is 7.77. The van der Waals surface area contributed by atoms with Gasteiger partial charge >= 0.3 is 0 Å². The number of hydrogen-bond donors (Lipinski definition) is 2. The maximum Gasteiger partial charge on any atom is 0.122 e. The molecule has 0 unspecified atom stereocenters. The van der Waals surface area contributed by atoms with Crippen LogP contribution >= 0.6 is 0 Å². The Hall–Kier alpha value is -1.81. The van der Waals surface area contributed by atoms with Crippen molar-refractivity contribution in [2.45, 2.75) is 13.1 Å². The summed E-state index contributed by atoms with van der Waals surface area (Å²) in [5.41, 5.74) is 7.80. The first kappa shape index (κ1) is 10.7. The van der Waals surface area contributed by atoms with Crippen LogP contribution in [0.4, 0.5) is 5.69 Å². The van der Waals surface area contributed by atoms with E-state index in [1.807, 2.05) is 42.1 Å². The number of anilines is 1. The molecule has 4 nitrogen and oxygen atoms in total. The number of aryl methyl sites for hydroxylation is 1. The minimum Gasteiger partial charge on any atom is -0.398 e. The predicted molar refractivity (Wildman–Crippen MR) is 64.6 cm³/mol. The lowest BCUT2D eigenvalue weighted by Crippen LogP contribution is -2.16. The number of aromatic nitrogens is 2. The molecule has 4 heteroatoms. The summed E-state index contributed by atoms with van der Waals surface area (Å²) < 4.78 is 2.00. The number of hydrogen-bond acceptors (Lipinski definition) is 3. The maximum absolute atomic E-state index is 5.85. The number of nitrogens with zero attached hydrogens (tertiary/aromatic N) is 2. The Bertz CT molecular complexity index is 462. The summed E-state index contributed by atoms with van der Waals surface area (Å²) in [6, 6.07) is 7.88. The van der Waals surface area contributed by atoms with Crippen LogP contribution in [0.15, 0.2) is 36.7 Å². The fourth-order valence-electron chi connectivity index (χ4n) is 1.57. The van der Waals surface area contributed by atoms with Gasteiger partial charge in [0.25, 0.3) is 0 Å². The summed E-state index contributed by atoms with van der Waals surface area (Å²) in [6.07, 6.45) is 3.74. The molecule has 84 valence electrons. The fraction of sp³-hybridized carbons (Fsp3) is 0.250. The van der Waals surface area contributed by atoms with Gasteiger partial charge in [0.05, 0.1) is 6.54 Å². The van der Waals surface area contributed by atoms with Crippen molar-refractivity contribution >= 4 is 5.69 Å². The van der Waals surface area contributed by atoms with Gasteiger partial charge in [0.15, 0.2) is 0 Å². The topological polar surface area (TPSA) is 55.9 Å². The molecule has 3 N–H and O–H groups in total. The maximum atomic E-state index is 5.85. The van der Waals surface area contributed by atoms with E-state index < -0.39 is 0 Å². The summed E-state index contributed by atoms with van der Waals surface area (Å²) >= 11 is 0. The first-order valence-electron chi connectivity index (χ1n) is 5.27. The number of rotatable bonds is 4. The normalized spacial score (nSPS) is 10.6. The molecule has 0 aliphatic carbocycles. The van der Waals surface area contributed by atoms with Crippen molar-refractivity contribution in [3.8, 4) is 0 Å². The van der Waals surface area contributed by atoms with Gasteiger partial charge in [0.1, 0.15) is 5.82 Å². The fourth-order valence-corrected chi connectivity index (χ4v) is 1.57. The molecule has 0 fully saturated rings. The zero-order chi connectivity index (χ0) is 11.4. The van der Waals surface area contributed by atoms with Gasteiger partial charge in [-0.25, -0.2) is 4.98 Å². The van der Waals surface area contributed by atoms with Crippen molar-refractivity contribution in [3.05, 3.63) is 48.0 Å². The van der Waals surface area contributed by atoms with Crippen LogP contribution in [0.2, 0.25) is 0 Å². The highest BCUT2D eigenvalue weighted by Gasteiger charge is 2.00. The molecule has 0 saturated heterocycles. The van der Waals surface area contributed by atoms with Crippen molar-refractivity contribution < 1.29 is 0 Å². The molecule has 0 aliphatic heterocycles. The highest BCUT2D eigenvalue weighted by molar-refractivity contribution is 5.46. The van der Waals surface area contributed by atoms with Crippen molar-refractivity contribution in [2.24, 2.45) is 7.05 Å². The van der Waals surface area contributed by atoms with Gasteiger partial charge in [-0.05, 0) is 11.6 Å². The summed E-state index contributed by atoms with van der Waals surface area (Å²) in [4.78, 5) is 4.24. The number of para-hydroxylation sites is 1. The third-order valence-electron chi connectivity index (χ3n) is 2.57. The Kier molecular flexibility index (Phi) is 3.22. The molecule has 2 rings (SSSR count). The van der Waals surface area contributed by atoms with Crippen LogP contribution in [0, 0.1) is 0 Å². The van der Waals surface area contributed by atoms with E-state index in [9.17, 15) is 0 Å². The number of imidazole rings is 1.